The minimum Gasteiger partial charge on any atom is -0.330 e. The molecule has 1 amide bonds. The topological polar surface area (TPSA) is 78.9 Å². The molecule has 4 nitrogen and oxygen atoms in total. The van der Waals surface area contributed by atoms with Gasteiger partial charge in [-0.05, 0) is 12.1 Å². The van der Waals surface area contributed by atoms with Crippen molar-refractivity contribution in [3.8, 4) is 6.07 Å². The highest BCUT2D eigenvalue weighted by Gasteiger charge is 2.12. The summed E-state index contributed by atoms with van der Waals surface area (Å²) in [6.07, 6.45) is 0. The van der Waals surface area contributed by atoms with Crippen LogP contribution in [0, 0.1) is 17.2 Å². The second-order valence-corrected chi connectivity index (χ2v) is 3.28. The highest BCUT2D eigenvalue weighted by molar-refractivity contribution is 5.93. The zero-order valence-corrected chi connectivity index (χ0v) is 8.53. The monoisotopic (exact) mass is 203 g/mol. The number of benzene rings is 1. The Bertz CT molecular complexity index is 395. The molecule has 0 aromatic heterocycles. The molecule has 0 spiro atoms. The Labute approximate surface area is 88.7 Å². The van der Waals surface area contributed by atoms with Crippen LogP contribution in [0.4, 0.5) is 5.69 Å². The molecule has 1 aromatic carbocycles. The van der Waals surface area contributed by atoms with E-state index in [1.54, 1.807) is 31.2 Å². The standard InChI is InChI=1S/C11H13N3O/c1-8(6-12)11(15)14-10-5-3-2-4-9(10)7-13/h2-5,8H,6,12H2,1H3,(H,14,15). The molecule has 1 rings (SSSR count). The van der Waals surface area contributed by atoms with E-state index in [4.69, 9.17) is 11.0 Å². The number of para-hydroxylation sites is 1. The van der Waals surface area contributed by atoms with Gasteiger partial charge in [-0.2, -0.15) is 5.26 Å². The Balaban J connectivity index is 2.81. The van der Waals surface area contributed by atoms with Gasteiger partial charge in [0, 0.05) is 12.5 Å². The van der Waals surface area contributed by atoms with Crippen LogP contribution in [0.15, 0.2) is 24.3 Å². The van der Waals surface area contributed by atoms with Crippen molar-refractivity contribution >= 4 is 11.6 Å². The summed E-state index contributed by atoms with van der Waals surface area (Å²) in [5.74, 6) is -0.419. The molecule has 1 unspecified atom stereocenters. The van der Waals surface area contributed by atoms with E-state index in [1.807, 2.05) is 6.07 Å². The number of anilines is 1. The Kier molecular flexibility index (Phi) is 3.83. The number of nitrogens with zero attached hydrogens (tertiary/aromatic N) is 1. The number of hydrogen-bond donors (Lipinski definition) is 2. The Morgan fingerprint density at radius 1 is 1.60 bits per heavy atom. The molecule has 3 N–H and O–H groups in total. The van der Waals surface area contributed by atoms with Crippen molar-refractivity contribution in [2.75, 3.05) is 11.9 Å². The Morgan fingerprint density at radius 2 is 2.27 bits per heavy atom. The van der Waals surface area contributed by atoms with E-state index < -0.39 is 0 Å². The van der Waals surface area contributed by atoms with E-state index in [0.29, 0.717) is 17.8 Å². The van der Waals surface area contributed by atoms with Crippen molar-refractivity contribution in [3.05, 3.63) is 29.8 Å². The van der Waals surface area contributed by atoms with Crippen molar-refractivity contribution in [1.29, 1.82) is 5.26 Å². The van der Waals surface area contributed by atoms with E-state index in [9.17, 15) is 4.79 Å². The van der Waals surface area contributed by atoms with Gasteiger partial charge >= 0.3 is 0 Å². The van der Waals surface area contributed by atoms with Crippen LogP contribution in [0.2, 0.25) is 0 Å². The van der Waals surface area contributed by atoms with Gasteiger partial charge in [-0.25, -0.2) is 0 Å². The number of carbonyl (C=O) groups is 1. The first-order valence-electron chi connectivity index (χ1n) is 4.69. The third-order valence-electron chi connectivity index (χ3n) is 2.11. The van der Waals surface area contributed by atoms with Crippen LogP contribution in [-0.2, 0) is 4.79 Å². The number of nitriles is 1. The van der Waals surface area contributed by atoms with E-state index in [0.717, 1.165) is 0 Å². The summed E-state index contributed by atoms with van der Waals surface area (Å²) < 4.78 is 0. The zero-order chi connectivity index (χ0) is 11.3. The average molecular weight is 203 g/mol. The smallest absolute Gasteiger partial charge is 0.228 e. The molecular formula is C11H13N3O. The lowest BCUT2D eigenvalue weighted by Gasteiger charge is -2.10. The molecule has 1 atom stereocenters. The van der Waals surface area contributed by atoms with Gasteiger partial charge in [0.15, 0.2) is 0 Å². The molecule has 0 aliphatic carbocycles. The lowest BCUT2D eigenvalue weighted by atomic mass is 10.1. The van der Waals surface area contributed by atoms with Crippen LogP contribution in [0.3, 0.4) is 0 Å². The third kappa shape index (κ3) is 2.79. The number of nitrogens with one attached hydrogen (secondary N) is 1. The van der Waals surface area contributed by atoms with Crippen molar-refractivity contribution < 1.29 is 4.79 Å². The molecule has 0 heterocycles. The number of carbonyl (C=O) groups excluding carboxylic acids is 1. The number of hydrogen-bond acceptors (Lipinski definition) is 3. The average Bonchev–Trinajstić information content (AvgIpc) is 2.28. The third-order valence-corrected chi connectivity index (χ3v) is 2.11. The summed E-state index contributed by atoms with van der Waals surface area (Å²) in [5.41, 5.74) is 6.36. The molecule has 4 heteroatoms. The van der Waals surface area contributed by atoms with Crippen LogP contribution in [0.1, 0.15) is 12.5 Å². The summed E-state index contributed by atoms with van der Waals surface area (Å²) in [7, 11) is 0. The summed E-state index contributed by atoms with van der Waals surface area (Å²) in [6.45, 7) is 2.03. The maximum Gasteiger partial charge on any atom is 0.228 e. The zero-order valence-electron chi connectivity index (χ0n) is 8.53. The van der Waals surface area contributed by atoms with Crippen LogP contribution < -0.4 is 11.1 Å². The molecule has 78 valence electrons. The van der Waals surface area contributed by atoms with Gasteiger partial charge in [-0.3, -0.25) is 4.79 Å². The second-order valence-electron chi connectivity index (χ2n) is 3.28. The Morgan fingerprint density at radius 3 is 2.87 bits per heavy atom. The minimum atomic E-state index is -0.253. The van der Waals surface area contributed by atoms with Gasteiger partial charge in [0.1, 0.15) is 6.07 Å². The van der Waals surface area contributed by atoms with Gasteiger partial charge in [0.2, 0.25) is 5.91 Å². The maximum absolute atomic E-state index is 11.5. The summed E-state index contributed by atoms with van der Waals surface area (Å²) in [6, 6.07) is 8.88. The highest BCUT2D eigenvalue weighted by Crippen LogP contribution is 2.14. The molecule has 0 fully saturated rings. The fourth-order valence-electron chi connectivity index (χ4n) is 1.05. The molecule has 0 bridgehead atoms. The van der Waals surface area contributed by atoms with Gasteiger partial charge in [0.05, 0.1) is 11.3 Å². The van der Waals surface area contributed by atoms with E-state index in [2.05, 4.69) is 5.32 Å². The normalized spacial score (nSPS) is 11.5. The maximum atomic E-state index is 11.5. The predicted octanol–water partition coefficient (Wildman–Crippen LogP) is 1.09. The minimum absolute atomic E-state index is 0.166. The first kappa shape index (κ1) is 11.2. The molecule has 0 aliphatic rings. The molecule has 1 aromatic rings. The quantitative estimate of drug-likeness (QED) is 0.771. The lowest BCUT2D eigenvalue weighted by Crippen LogP contribution is -2.26. The summed E-state index contributed by atoms with van der Waals surface area (Å²) >= 11 is 0. The fourth-order valence-corrected chi connectivity index (χ4v) is 1.05. The fraction of sp³-hybridized carbons (Fsp3) is 0.273. The van der Waals surface area contributed by atoms with Crippen molar-refractivity contribution in [2.24, 2.45) is 11.7 Å². The second kappa shape index (κ2) is 5.13. The Hall–Kier alpha value is -1.86. The van der Waals surface area contributed by atoms with Gasteiger partial charge in [0.25, 0.3) is 0 Å². The van der Waals surface area contributed by atoms with E-state index in [1.165, 1.54) is 0 Å². The molecule has 0 aliphatic heterocycles. The van der Waals surface area contributed by atoms with Crippen LogP contribution in [-0.4, -0.2) is 12.5 Å². The predicted molar refractivity (Wildman–Crippen MR) is 58.0 cm³/mol. The van der Waals surface area contributed by atoms with Crippen LogP contribution in [0.25, 0.3) is 0 Å². The molecule has 0 saturated heterocycles. The van der Waals surface area contributed by atoms with Gasteiger partial charge in [-0.15, -0.1) is 0 Å². The largest absolute Gasteiger partial charge is 0.330 e. The SMILES string of the molecule is CC(CN)C(=O)Nc1ccccc1C#N. The van der Waals surface area contributed by atoms with E-state index in [-0.39, 0.29) is 11.8 Å². The van der Waals surface area contributed by atoms with Crippen LogP contribution >= 0.6 is 0 Å². The van der Waals surface area contributed by atoms with E-state index >= 15 is 0 Å². The lowest BCUT2D eigenvalue weighted by molar-refractivity contribution is -0.119. The van der Waals surface area contributed by atoms with Crippen molar-refractivity contribution in [1.82, 2.24) is 0 Å². The summed E-state index contributed by atoms with van der Waals surface area (Å²) in [4.78, 5) is 11.5. The van der Waals surface area contributed by atoms with Gasteiger partial charge < -0.3 is 11.1 Å². The molecule has 0 saturated carbocycles. The van der Waals surface area contributed by atoms with Gasteiger partial charge in [-0.1, -0.05) is 19.1 Å². The first-order valence-corrected chi connectivity index (χ1v) is 4.69. The number of rotatable bonds is 3. The number of nitrogens with two attached hydrogens (primary N) is 1. The molecular weight excluding hydrogens is 190 g/mol. The first-order chi connectivity index (χ1) is 7.19. The number of amides is 1. The summed E-state index contributed by atoms with van der Waals surface area (Å²) in [5, 5.41) is 11.5. The van der Waals surface area contributed by atoms with Crippen molar-refractivity contribution in [3.63, 3.8) is 0 Å². The molecule has 0 radical (unpaired) electrons. The van der Waals surface area contributed by atoms with Crippen LogP contribution in [0.5, 0.6) is 0 Å². The highest BCUT2D eigenvalue weighted by atomic mass is 16.1. The molecule has 15 heavy (non-hydrogen) atoms. The van der Waals surface area contributed by atoms with Crippen molar-refractivity contribution in [2.45, 2.75) is 6.92 Å².